The number of urea groups is 1. The zero-order valence-corrected chi connectivity index (χ0v) is 11.9. The Morgan fingerprint density at radius 1 is 1.48 bits per heavy atom. The second kappa shape index (κ2) is 7.93. The predicted molar refractivity (Wildman–Crippen MR) is 71.4 cm³/mol. The summed E-state index contributed by atoms with van der Waals surface area (Å²) < 4.78 is 9.33. The van der Waals surface area contributed by atoms with Crippen molar-refractivity contribution in [1.29, 1.82) is 0 Å². The third-order valence-electron chi connectivity index (χ3n) is 2.81. The highest BCUT2D eigenvalue weighted by Gasteiger charge is 2.22. The molecule has 0 saturated heterocycles. The summed E-state index contributed by atoms with van der Waals surface area (Å²) in [6.45, 7) is 0.283. The molecule has 0 saturated carbocycles. The zero-order chi connectivity index (χ0) is 15.8. The maximum atomic E-state index is 11.9. The van der Waals surface area contributed by atoms with Gasteiger partial charge in [0.25, 0.3) is 0 Å². The van der Waals surface area contributed by atoms with Crippen molar-refractivity contribution in [3.05, 3.63) is 24.2 Å². The topological polar surface area (TPSA) is 109 Å². The van der Waals surface area contributed by atoms with Crippen molar-refractivity contribution in [2.24, 2.45) is 0 Å². The van der Waals surface area contributed by atoms with Gasteiger partial charge in [-0.05, 0) is 12.5 Å². The molecule has 116 valence electrons. The Kier molecular flexibility index (Phi) is 6.25. The summed E-state index contributed by atoms with van der Waals surface area (Å²) in [4.78, 5) is 35.3. The Labute approximate surface area is 121 Å². The Hall–Kier alpha value is -2.51. The number of carbonyl (C=O) groups is 3. The fourth-order valence-corrected chi connectivity index (χ4v) is 1.61. The third kappa shape index (κ3) is 5.55. The molecule has 8 heteroatoms. The molecule has 0 radical (unpaired) electrons. The van der Waals surface area contributed by atoms with Crippen LogP contribution in [0.15, 0.2) is 23.0 Å². The number of furan rings is 1. The second-order valence-electron chi connectivity index (χ2n) is 4.44. The maximum Gasteiger partial charge on any atom is 0.326 e. The zero-order valence-electron chi connectivity index (χ0n) is 11.9. The average Bonchev–Trinajstić information content (AvgIpc) is 2.95. The summed E-state index contributed by atoms with van der Waals surface area (Å²) in [6.07, 6.45) is 2.86. The number of amides is 2. The molecule has 0 spiro atoms. The number of carboxylic acids is 1. The van der Waals surface area contributed by atoms with Gasteiger partial charge < -0.3 is 24.5 Å². The van der Waals surface area contributed by atoms with E-state index in [0.29, 0.717) is 0 Å². The number of carbonyl (C=O) groups excluding carboxylic acids is 2. The third-order valence-corrected chi connectivity index (χ3v) is 2.81. The molecule has 21 heavy (non-hydrogen) atoms. The number of carboxylic acid groups (broad SMARTS) is 1. The molecule has 0 aliphatic heterocycles. The Morgan fingerprint density at radius 2 is 2.19 bits per heavy atom. The number of rotatable bonds is 7. The highest BCUT2D eigenvalue weighted by Crippen LogP contribution is 2.05. The molecule has 0 aliphatic carbocycles. The van der Waals surface area contributed by atoms with Gasteiger partial charge in [-0.25, -0.2) is 9.59 Å². The van der Waals surface area contributed by atoms with Gasteiger partial charge in [-0.3, -0.25) is 4.79 Å². The largest absolute Gasteiger partial charge is 0.480 e. The quantitative estimate of drug-likeness (QED) is 0.721. The standard InChI is InChI=1S/C13H18N2O6/c1-15(7-9-5-6-21-8-9)13(19)14-10(12(17)18)3-4-11(16)20-2/h5-6,8,10H,3-4,7H2,1-2H3,(H,14,19)(H,17,18)/t10-/m1/s1. The maximum absolute atomic E-state index is 11.9. The number of ether oxygens (including phenoxy) is 1. The molecule has 1 atom stereocenters. The lowest BCUT2D eigenvalue weighted by molar-refractivity contribution is -0.142. The van der Waals surface area contributed by atoms with Crippen molar-refractivity contribution in [3.8, 4) is 0 Å². The van der Waals surface area contributed by atoms with Gasteiger partial charge in [0, 0.05) is 19.0 Å². The van der Waals surface area contributed by atoms with Crippen LogP contribution in [0.4, 0.5) is 4.79 Å². The van der Waals surface area contributed by atoms with Crippen LogP contribution in [0.2, 0.25) is 0 Å². The molecule has 0 aromatic carbocycles. The van der Waals surface area contributed by atoms with E-state index in [2.05, 4.69) is 10.1 Å². The van der Waals surface area contributed by atoms with Crippen LogP contribution in [0, 0.1) is 0 Å². The van der Waals surface area contributed by atoms with Gasteiger partial charge in [0.2, 0.25) is 0 Å². The van der Waals surface area contributed by atoms with E-state index in [0.717, 1.165) is 5.56 Å². The molecule has 1 aromatic heterocycles. The van der Waals surface area contributed by atoms with E-state index in [9.17, 15) is 14.4 Å². The molecule has 0 fully saturated rings. The molecule has 8 nitrogen and oxygen atoms in total. The summed E-state index contributed by atoms with van der Waals surface area (Å²) in [5.41, 5.74) is 0.786. The lowest BCUT2D eigenvalue weighted by Crippen LogP contribution is -2.46. The van der Waals surface area contributed by atoms with Crippen LogP contribution in [-0.4, -0.2) is 48.2 Å². The van der Waals surface area contributed by atoms with Gasteiger partial charge in [0.05, 0.1) is 26.2 Å². The number of nitrogens with zero attached hydrogens (tertiary/aromatic N) is 1. The van der Waals surface area contributed by atoms with Crippen molar-refractivity contribution in [3.63, 3.8) is 0 Å². The van der Waals surface area contributed by atoms with Crippen LogP contribution < -0.4 is 5.32 Å². The van der Waals surface area contributed by atoms with Crippen LogP contribution >= 0.6 is 0 Å². The molecule has 0 aliphatic rings. The minimum absolute atomic E-state index is 0.0344. The van der Waals surface area contributed by atoms with Crippen LogP contribution in [-0.2, 0) is 20.9 Å². The fraction of sp³-hybridized carbons (Fsp3) is 0.462. The van der Waals surface area contributed by atoms with Crippen molar-refractivity contribution in [1.82, 2.24) is 10.2 Å². The van der Waals surface area contributed by atoms with E-state index in [1.54, 1.807) is 6.07 Å². The summed E-state index contributed by atoms with van der Waals surface area (Å²) in [5.74, 6) is -1.73. The smallest absolute Gasteiger partial charge is 0.326 e. The first-order valence-electron chi connectivity index (χ1n) is 6.26. The summed E-state index contributed by atoms with van der Waals surface area (Å²) >= 11 is 0. The monoisotopic (exact) mass is 298 g/mol. The second-order valence-corrected chi connectivity index (χ2v) is 4.44. The molecule has 0 unspecified atom stereocenters. The molecular weight excluding hydrogens is 280 g/mol. The number of methoxy groups -OCH3 is 1. The van der Waals surface area contributed by atoms with Gasteiger partial charge in [-0.2, -0.15) is 0 Å². The van der Waals surface area contributed by atoms with Crippen LogP contribution in [0.3, 0.4) is 0 Å². The first-order valence-corrected chi connectivity index (χ1v) is 6.26. The van der Waals surface area contributed by atoms with Gasteiger partial charge in [0.1, 0.15) is 6.04 Å². The Morgan fingerprint density at radius 3 is 2.71 bits per heavy atom. The highest BCUT2D eigenvalue weighted by molar-refractivity contribution is 5.83. The van der Waals surface area contributed by atoms with E-state index in [1.165, 1.54) is 31.6 Å². The number of aliphatic carboxylic acids is 1. The van der Waals surface area contributed by atoms with Crippen molar-refractivity contribution in [2.45, 2.75) is 25.4 Å². The fourth-order valence-electron chi connectivity index (χ4n) is 1.61. The van der Waals surface area contributed by atoms with E-state index >= 15 is 0 Å². The van der Waals surface area contributed by atoms with E-state index in [4.69, 9.17) is 9.52 Å². The molecule has 2 N–H and O–H groups in total. The minimum atomic E-state index is -1.20. The first kappa shape index (κ1) is 16.5. The summed E-state index contributed by atoms with van der Waals surface area (Å²) in [6, 6.07) is 0.00673. The van der Waals surface area contributed by atoms with Crippen LogP contribution in [0.1, 0.15) is 18.4 Å². The molecule has 1 heterocycles. The minimum Gasteiger partial charge on any atom is -0.480 e. The molecule has 1 rings (SSSR count). The van der Waals surface area contributed by atoms with Gasteiger partial charge >= 0.3 is 18.0 Å². The summed E-state index contributed by atoms with van der Waals surface area (Å²) in [7, 11) is 2.75. The normalized spacial score (nSPS) is 11.5. The Bertz CT molecular complexity index is 485. The number of nitrogens with one attached hydrogen (secondary N) is 1. The van der Waals surface area contributed by atoms with Gasteiger partial charge in [0.15, 0.2) is 0 Å². The van der Waals surface area contributed by atoms with E-state index < -0.39 is 24.0 Å². The lowest BCUT2D eigenvalue weighted by Gasteiger charge is -2.20. The molecule has 0 bridgehead atoms. The van der Waals surface area contributed by atoms with Crippen molar-refractivity contribution >= 4 is 18.0 Å². The van der Waals surface area contributed by atoms with Crippen LogP contribution in [0.5, 0.6) is 0 Å². The Balaban J connectivity index is 2.51. The average molecular weight is 298 g/mol. The number of hydrogen-bond donors (Lipinski definition) is 2. The van der Waals surface area contributed by atoms with Gasteiger partial charge in [-0.15, -0.1) is 0 Å². The SMILES string of the molecule is COC(=O)CC[C@@H](NC(=O)N(C)Cc1ccoc1)C(=O)O. The van der Waals surface area contributed by atoms with E-state index in [1.807, 2.05) is 0 Å². The van der Waals surface area contributed by atoms with Crippen LogP contribution in [0.25, 0.3) is 0 Å². The molecule has 2 amide bonds. The first-order chi connectivity index (χ1) is 9.93. The molecular formula is C13H18N2O6. The van der Waals surface area contributed by atoms with E-state index in [-0.39, 0.29) is 19.4 Å². The molecule has 1 aromatic rings. The van der Waals surface area contributed by atoms with Gasteiger partial charge in [-0.1, -0.05) is 0 Å². The predicted octanol–water partition coefficient (Wildman–Crippen LogP) is 0.827. The van der Waals surface area contributed by atoms with Crippen molar-refractivity contribution < 1.29 is 28.6 Å². The van der Waals surface area contributed by atoms with Crippen molar-refractivity contribution in [2.75, 3.05) is 14.2 Å². The number of esters is 1. The highest BCUT2D eigenvalue weighted by atomic mass is 16.5. The number of hydrogen-bond acceptors (Lipinski definition) is 5. The lowest BCUT2D eigenvalue weighted by atomic mass is 10.1. The summed E-state index contributed by atoms with van der Waals surface area (Å²) in [5, 5.41) is 11.4.